The van der Waals surface area contributed by atoms with E-state index in [1.807, 2.05) is 0 Å². The molecule has 0 spiro atoms. The molecule has 0 saturated carbocycles. The van der Waals surface area contributed by atoms with Gasteiger partial charge in [0.25, 0.3) is 11.4 Å². The van der Waals surface area contributed by atoms with Gasteiger partial charge in [0, 0.05) is 30.7 Å². The summed E-state index contributed by atoms with van der Waals surface area (Å²) >= 11 is 0. The molecule has 8 heteroatoms. The van der Waals surface area contributed by atoms with E-state index in [4.69, 9.17) is 4.74 Å². The third-order valence-corrected chi connectivity index (χ3v) is 3.48. The zero-order chi connectivity index (χ0) is 19.1. The molecule has 0 bridgehead atoms. The summed E-state index contributed by atoms with van der Waals surface area (Å²) in [6.45, 7) is 0. The van der Waals surface area contributed by atoms with Crippen LogP contribution in [-0.4, -0.2) is 22.9 Å². The number of carbonyl (C=O) groups is 1. The van der Waals surface area contributed by atoms with E-state index < -0.39 is 15.8 Å². The van der Waals surface area contributed by atoms with Gasteiger partial charge in [-0.15, -0.1) is 5.73 Å². The Morgan fingerprint density at radius 1 is 1.00 bits per heavy atom. The Morgan fingerprint density at radius 3 is 1.96 bits per heavy atom. The summed E-state index contributed by atoms with van der Waals surface area (Å²) in [6.07, 6.45) is 1.69. The zero-order valence-corrected chi connectivity index (χ0v) is 13.7. The molecular weight excluding hydrogens is 340 g/mol. The molecule has 132 valence electrons. The van der Waals surface area contributed by atoms with Crippen LogP contribution in [0.5, 0.6) is 0 Å². The van der Waals surface area contributed by atoms with Gasteiger partial charge in [-0.2, -0.15) is 0 Å². The van der Waals surface area contributed by atoms with E-state index in [0.29, 0.717) is 11.1 Å². The van der Waals surface area contributed by atoms with Gasteiger partial charge in [-0.3, -0.25) is 20.2 Å². The average Bonchev–Trinajstić information content (AvgIpc) is 2.65. The number of esters is 1. The van der Waals surface area contributed by atoms with Crippen molar-refractivity contribution in [2.24, 2.45) is 0 Å². The van der Waals surface area contributed by atoms with Crippen LogP contribution < -0.4 is 0 Å². The Labute approximate surface area is 148 Å². The van der Waals surface area contributed by atoms with Crippen LogP contribution in [0.15, 0.2) is 59.8 Å². The highest BCUT2D eigenvalue weighted by atomic mass is 16.6. The van der Waals surface area contributed by atoms with Crippen LogP contribution in [0.25, 0.3) is 6.08 Å². The quantitative estimate of drug-likeness (QED) is 0.258. The van der Waals surface area contributed by atoms with E-state index in [1.54, 1.807) is 12.1 Å². The van der Waals surface area contributed by atoms with Crippen LogP contribution in [0.2, 0.25) is 0 Å². The van der Waals surface area contributed by atoms with Crippen molar-refractivity contribution in [1.29, 1.82) is 0 Å². The molecule has 2 aromatic carbocycles. The van der Waals surface area contributed by atoms with Gasteiger partial charge in [-0.25, -0.2) is 4.79 Å². The predicted octanol–water partition coefficient (Wildman–Crippen LogP) is 3.46. The standard InChI is InChI=1S/C18H14N2O6/c1-26-18(21)15(12-14-5-10-17(11-6-14)20(24)25)7-2-13-3-8-16(9-4-13)19(22)23/h2-6,8-11H,12H2,1H3. The van der Waals surface area contributed by atoms with Crippen LogP contribution >= 0.6 is 0 Å². The summed E-state index contributed by atoms with van der Waals surface area (Å²) in [5.74, 6) is -0.582. The number of rotatable bonds is 6. The molecule has 0 aliphatic rings. The lowest BCUT2D eigenvalue weighted by Gasteiger charge is -2.03. The molecule has 2 rings (SSSR count). The summed E-state index contributed by atoms with van der Waals surface area (Å²) in [5.41, 5.74) is 4.28. The predicted molar refractivity (Wildman–Crippen MR) is 93.4 cm³/mol. The summed E-state index contributed by atoms with van der Waals surface area (Å²) in [5, 5.41) is 21.3. The van der Waals surface area contributed by atoms with Gasteiger partial charge in [0.1, 0.15) is 0 Å². The van der Waals surface area contributed by atoms with Crippen molar-refractivity contribution in [3.8, 4) is 0 Å². The van der Waals surface area contributed by atoms with Crippen molar-refractivity contribution in [2.75, 3.05) is 7.11 Å². The molecule has 0 atom stereocenters. The van der Waals surface area contributed by atoms with Crippen molar-refractivity contribution >= 4 is 23.4 Å². The first kappa shape index (κ1) is 18.6. The van der Waals surface area contributed by atoms with Crippen molar-refractivity contribution in [2.45, 2.75) is 6.42 Å². The van der Waals surface area contributed by atoms with Gasteiger partial charge >= 0.3 is 5.97 Å². The molecular formula is C18H14N2O6. The number of methoxy groups -OCH3 is 1. The molecule has 0 heterocycles. The molecule has 0 aliphatic heterocycles. The monoisotopic (exact) mass is 354 g/mol. The Morgan fingerprint density at radius 2 is 1.50 bits per heavy atom. The lowest BCUT2D eigenvalue weighted by molar-refractivity contribution is -0.385. The minimum atomic E-state index is -0.582. The summed E-state index contributed by atoms with van der Waals surface area (Å²) in [7, 11) is 1.24. The largest absolute Gasteiger partial charge is 0.465 e. The number of non-ortho nitro benzene ring substituents is 2. The normalized spacial score (nSPS) is 9.73. The fraction of sp³-hybridized carbons (Fsp3) is 0.111. The van der Waals surface area contributed by atoms with Gasteiger partial charge in [-0.1, -0.05) is 12.1 Å². The average molecular weight is 354 g/mol. The fourth-order valence-electron chi connectivity index (χ4n) is 2.11. The van der Waals surface area contributed by atoms with Crippen LogP contribution in [0.4, 0.5) is 11.4 Å². The smallest absolute Gasteiger partial charge is 0.341 e. The number of hydrogen-bond acceptors (Lipinski definition) is 6. The van der Waals surface area contributed by atoms with E-state index in [-0.39, 0.29) is 23.4 Å². The Hall–Kier alpha value is -3.77. The Bertz CT molecular complexity index is 894. The van der Waals surface area contributed by atoms with Crippen molar-refractivity contribution in [3.63, 3.8) is 0 Å². The van der Waals surface area contributed by atoms with Crippen molar-refractivity contribution in [1.82, 2.24) is 0 Å². The third kappa shape index (κ3) is 4.86. The summed E-state index contributed by atoms with van der Waals surface area (Å²) in [6, 6.07) is 11.6. The summed E-state index contributed by atoms with van der Waals surface area (Å²) in [4.78, 5) is 32.2. The number of nitro groups is 2. The maximum absolute atomic E-state index is 11.9. The number of carbonyl (C=O) groups excluding carboxylic acids is 1. The third-order valence-electron chi connectivity index (χ3n) is 3.48. The highest BCUT2D eigenvalue weighted by molar-refractivity contribution is 5.89. The Kier molecular flexibility index (Phi) is 5.97. The topological polar surface area (TPSA) is 113 Å². The van der Waals surface area contributed by atoms with Crippen molar-refractivity contribution in [3.05, 3.63) is 91.2 Å². The lowest BCUT2D eigenvalue weighted by Crippen LogP contribution is -2.06. The zero-order valence-electron chi connectivity index (χ0n) is 13.7. The van der Waals surface area contributed by atoms with Gasteiger partial charge < -0.3 is 4.74 Å². The molecule has 0 saturated heterocycles. The summed E-state index contributed by atoms with van der Waals surface area (Å²) < 4.78 is 4.73. The first-order valence-corrected chi connectivity index (χ1v) is 7.42. The number of benzene rings is 2. The number of ether oxygens (including phenoxy) is 1. The van der Waals surface area contributed by atoms with Gasteiger partial charge in [0.05, 0.1) is 22.5 Å². The number of hydrogen-bond donors (Lipinski definition) is 0. The lowest BCUT2D eigenvalue weighted by atomic mass is 10.0. The van der Waals surface area contributed by atoms with E-state index >= 15 is 0 Å². The van der Waals surface area contributed by atoms with Crippen LogP contribution in [-0.2, 0) is 16.0 Å². The van der Waals surface area contributed by atoms with Crippen molar-refractivity contribution < 1.29 is 19.4 Å². The number of nitro benzene ring substituents is 2. The second-order valence-electron chi connectivity index (χ2n) is 5.21. The molecule has 0 amide bonds. The molecule has 0 fully saturated rings. The minimum Gasteiger partial charge on any atom is -0.465 e. The first-order valence-electron chi connectivity index (χ1n) is 7.42. The molecule has 0 N–H and O–H groups in total. The van der Waals surface area contributed by atoms with Gasteiger partial charge in [0.2, 0.25) is 0 Å². The SMILES string of the molecule is COC(=O)C(=C=Cc1ccc([N+](=O)[O-])cc1)Cc1ccc([N+](=O)[O-])cc1. The molecule has 0 unspecified atom stereocenters. The fourth-order valence-corrected chi connectivity index (χ4v) is 2.11. The second kappa shape index (κ2) is 8.36. The molecule has 26 heavy (non-hydrogen) atoms. The molecule has 0 radical (unpaired) electrons. The van der Waals surface area contributed by atoms with E-state index in [1.165, 1.54) is 49.6 Å². The van der Waals surface area contributed by atoms with Crippen LogP contribution in [0.1, 0.15) is 11.1 Å². The molecule has 2 aromatic rings. The van der Waals surface area contributed by atoms with E-state index in [0.717, 1.165) is 0 Å². The van der Waals surface area contributed by atoms with Crippen LogP contribution in [0.3, 0.4) is 0 Å². The van der Waals surface area contributed by atoms with E-state index in [9.17, 15) is 25.0 Å². The Balaban J connectivity index is 2.28. The van der Waals surface area contributed by atoms with Gasteiger partial charge in [-0.05, 0) is 29.3 Å². The minimum absolute atomic E-state index is 0.0369. The maximum Gasteiger partial charge on any atom is 0.341 e. The maximum atomic E-state index is 11.9. The molecule has 0 aliphatic carbocycles. The highest BCUT2D eigenvalue weighted by Gasteiger charge is 2.11. The molecule has 8 nitrogen and oxygen atoms in total. The molecule has 0 aromatic heterocycles. The van der Waals surface area contributed by atoms with Gasteiger partial charge in [0.15, 0.2) is 0 Å². The number of nitrogens with zero attached hydrogens (tertiary/aromatic N) is 2. The van der Waals surface area contributed by atoms with E-state index in [2.05, 4.69) is 5.73 Å². The second-order valence-corrected chi connectivity index (χ2v) is 5.21. The highest BCUT2D eigenvalue weighted by Crippen LogP contribution is 2.16. The first-order chi connectivity index (χ1) is 12.4. The van der Waals surface area contributed by atoms with Crippen LogP contribution in [0, 0.1) is 20.2 Å².